The Bertz CT molecular complexity index is 820. The van der Waals surface area contributed by atoms with Gasteiger partial charge in [0.2, 0.25) is 0 Å². The molecule has 4 nitrogen and oxygen atoms in total. The standard InChI is InChI=1S/C16H11ClN2O2.C2H6/c1-21-16(20)12-7-11-8-18-9-19-15(11)13(14(12)17)10-5-3-2-4-6-10;1-2/h2-9H,1H3;1-2H3. The van der Waals surface area contributed by atoms with E-state index in [1.165, 1.54) is 13.4 Å². The highest BCUT2D eigenvalue weighted by atomic mass is 35.5. The number of nitrogens with zero attached hydrogens (tertiary/aromatic N) is 2. The third-order valence-electron chi connectivity index (χ3n) is 3.20. The van der Waals surface area contributed by atoms with Gasteiger partial charge in [0.15, 0.2) is 0 Å². The van der Waals surface area contributed by atoms with Crippen LogP contribution in [-0.4, -0.2) is 23.0 Å². The lowest BCUT2D eigenvalue weighted by molar-refractivity contribution is 0.0601. The van der Waals surface area contributed by atoms with E-state index in [2.05, 4.69) is 9.97 Å². The van der Waals surface area contributed by atoms with Gasteiger partial charge in [0.25, 0.3) is 0 Å². The number of esters is 1. The van der Waals surface area contributed by atoms with Crippen LogP contribution in [0.2, 0.25) is 5.02 Å². The number of ether oxygens (including phenoxy) is 1. The van der Waals surface area contributed by atoms with E-state index in [4.69, 9.17) is 16.3 Å². The first-order valence-electron chi connectivity index (χ1n) is 7.28. The first-order valence-corrected chi connectivity index (χ1v) is 7.66. The number of carbonyl (C=O) groups is 1. The maximum absolute atomic E-state index is 11.9. The van der Waals surface area contributed by atoms with Crippen molar-refractivity contribution in [1.29, 1.82) is 0 Å². The average Bonchev–Trinajstić information content (AvgIpc) is 2.63. The predicted molar refractivity (Wildman–Crippen MR) is 92.7 cm³/mol. The van der Waals surface area contributed by atoms with Gasteiger partial charge in [-0.2, -0.15) is 0 Å². The molecule has 1 heterocycles. The minimum Gasteiger partial charge on any atom is -0.465 e. The highest BCUT2D eigenvalue weighted by molar-refractivity contribution is 6.38. The van der Waals surface area contributed by atoms with Gasteiger partial charge in [-0.25, -0.2) is 14.8 Å². The summed E-state index contributed by atoms with van der Waals surface area (Å²) in [5.41, 5.74) is 2.60. The van der Waals surface area contributed by atoms with Gasteiger partial charge >= 0.3 is 5.97 Å². The molecule has 0 fully saturated rings. The third kappa shape index (κ3) is 3.32. The predicted octanol–water partition coefficient (Wildman–Crippen LogP) is 4.76. The van der Waals surface area contributed by atoms with E-state index in [9.17, 15) is 4.79 Å². The fourth-order valence-electron chi connectivity index (χ4n) is 2.24. The summed E-state index contributed by atoms with van der Waals surface area (Å²) in [4.78, 5) is 20.2. The van der Waals surface area contributed by atoms with Crippen LogP contribution in [0, 0.1) is 0 Å². The number of aromatic nitrogens is 2. The number of rotatable bonds is 2. The van der Waals surface area contributed by atoms with Crippen molar-refractivity contribution < 1.29 is 9.53 Å². The van der Waals surface area contributed by atoms with Crippen molar-refractivity contribution in [3.8, 4) is 11.1 Å². The summed E-state index contributed by atoms with van der Waals surface area (Å²) >= 11 is 6.43. The van der Waals surface area contributed by atoms with Crippen molar-refractivity contribution in [3.63, 3.8) is 0 Å². The van der Waals surface area contributed by atoms with Crippen molar-refractivity contribution >= 4 is 28.5 Å². The number of carbonyl (C=O) groups excluding carboxylic acids is 1. The number of hydrogen-bond acceptors (Lipinski definition) is 4. The number of halogens is 1. The van der Waals surface area contributed by atoms with E-state index < -0.39 is 5.97 Å². The molecule has 0 N–H and O–H groups in total. The molecule has 0 aliphatic rings. The average molecular weight is 329 g/mol. The Morgan fingerprint density at radius 1 is 1.17 bits per heavy atom. The van der Waals surface area contributed by atoms with E-state index in [1.54, 1.807) is 12.3 Å². The van der Waals surface area contributed by atoms with Crippen molar-refractivity contribution in [2.24, 2.45) is 0 Å². The number of methoxy groups -OCH3 is 1. The zero-order valence-corrected chi connectivity index (χ0v) is 14.0. The van der Waals surface area contributed by atoms with E-state index in [1.807, 2.05) is 44.2 Å². The van der Waals surface area contributed by atoms with E-state index >= 15 is 0 Å². The van der Waals surface area contributed by atoms with E-state index in [-0.39, 0.29) is 0 Å². The largest absolute Gasteiger partial charge is 0.465 e. The molecule has 0 atom stereocenters. The van der Waals surface area contributed by atoms with Gasteiger partial charge < -0.3 is 4.74 Å². The molecule has 0 aliphatic carbocycles. The van der Waals surface area contributed by atoms with Crippen LogP contribution in [0.4, 0.5) is 0 Å². The molecule has 3 rings (SSSR count). The lowest BCUT2D eigenvalue weighted by atomic mass is 9.99. The maximum atomic E-state index is 11.9. The minimum atomic E-state index is -0.483. The Labute approximate surface area is 140 Å². The monoisotopic (exact) mass is 328 g/mol. The molecule has 0 amide bonds. The second-order valence-electron chi connectivity index (χ2n) is 4.43. The molecule has 3 aromatic rings. The van der Waals surface area contributed by atoms with Gasteiger partial charge in [0.05, 0.1) is 23.2 Å². The molecule has 5 heteroatoms. The number of benzene rings is 2. The fraction of sp³-hybridized carbons (Fsp3) is 0.167. The molecule has 118 valence electrons. The van der Waals surface area contributed by atoms with Crippen LogP contribution >= 0.6 is 11.6 Å². The second kappa shape index (κ2) is 7.70. The topological polar surface area (TPSA) is 52.1 Å². The van der Waals surface area contributed by atoms with Gasteiger partial charge in [-0.3, -0.25) is 0 Å². The molecular formula is C18H17ClN2O2. The molecule has 0 radical (unpaired) electrons. The highest BCUT2D eigenvalue weighted by Crippen LogP contribution is 2.36. The zero-order valence-electron chi connectivity index (χ0n) is 13.2. The van der Waals surface area contributed by atoms with Crippen LogP contribution in [0.1, 0.15) is 24.2 Å². The molecule has 23 heavy (non-hydrogen) atoms. The van der Waals surface area contributed by atoms with Crippen LogP contribution in [-0.2, 0) is 4.74 Å². The van der Waals surface area contributed by atoms with Crippen molar-refractivity contribution in [3.05, 3.63) is 59.5 Å². The molecule has 0 saturated heterocycles. The molecule has 1 aromatic heterocycles. The summed E-state index contributed by atoms with van der Waals surface area (Å²) in [7, 11) is 1.33. The van der Waals surface area contributed by atoms with E-state index in [0.29, 0.717) is 21.7 Å². The third-order valence-corrected chi connectivity index (χ3v) is 3.59. The number of hydrogen-bond donors (Lipinski definition) is 0. The quantitative estimate of drug-likeness (QED) is 0.636. The van der Waals surface area contributed by atoms with Crippen LogP contribution in [0.15, 0.2) is 48.9 Å². The molecular weight excluding hydrogens is 312 g/mol. The molecule has 0 bridgehead atoms. The molecule has 0 aliphatic heterocycles. The van der Waals surface area contributed by atoms with Crippen LogP contribution in [0.5, 0.6) is 0 Å². The fourth-order valence-corrected chi connectivity index (χ4v) is 2.57. The first kappa shape index (κ1) is 16.9. The van der Waals surface area contributed by atoms with Gasteiger partial charge in [-0.1, -0.05) is 55.8 Å². The molecule has 0 spiro atoms. The van der Waals surface area contributed by atoms with Gasteiger partial charge in [0.1, 0.15) is 6.33 Å². The number of fused-ring (bicyclic) bond motifs is 1. The second-order valence-corrected chi connectivity index (χ2v) is 4.81. The van der Waals surface area contributed by atoms with Gasteiger partial charge in [-0.15, -0.1) is 0 Å². The van der Waals surface area contributed by atoms with Crippen LogP contribution in [0.3, 0.4) is 0 Å². The van der Waals surface area contributed by atoms with Gasteiger partial charge in [0, 0.05) is 17.1 Å². The Morgan fingerprint density at radius 3 is 2.52 bits per heavy atom. The zero-order chi connectivity index (χ0) is 16.8. The molecule has 0 saturated carbocycles. The Morgan fingerprint density at radius 2 is 1.87 bits per heavy atom. The normalized spacial score (nSPS) is 9.91. The van der Waals surface area contributed by atoms with Crippen LogP contribution < -0.4 is 0 Å². The Kier molecular flexibility index (Phi) is 5.66. The van der Waals surface area contributed by atoms with Crippen molar-refractivity contribution in [2.75, 3.05) is 7.11 Å². The molecule has 2 aromatic carbocycles. The van der Waals surface area contributed by atoms with E-state index in [0.717, 1.165) is 10.9 Å². The maximum Gasteiger partial charge on any atom is 0.339 e. The lowest BCUT2D eigenvalue weighted by Crippen LogP contribution is -2.04. The summed E-state index contributed by atoms with van der Waals surface area (Å²) in [6.07, 6.45) is 3.11. The highest BCUT2D eigenvalue weighted by Gasteiger charge is 2.19. The van der Waals surface area contributed by atoms with Crippen LogP contribution in [0.25, 0.3) is 22.0 Å². The Balaban J connectivity index is 0.000000924. The van der Waals surface area contributed by atoms with Crippen molar-refractivity contribution in [1.82, 2.24) is 9.97 Å². The summed E-state index contributed by atoms with van der Waals surface area (Å²) in [6.45, 7) is 4.00. The van der Waals surface area contributed by atoms with Gasteiger partial charge in [-0.05, 0) is 11.6 Å². The SMILES string of the molecule is CC.COC(=O)c1cc2cncnc2c(-c2ccccc2)c1Cl. The summed E-state index contributed by atoms with van der Waals surface area (Å²) in [5.74, 6) is -0.483. The van der Waals surface area contributed by atoms with Crippen molar-refractivity contribution in [2.45, 2.75) is 13.8 Å². The summed E-state index contributed by atoms with van der Waals surface area (Å²) in [6, 6.07) is 11.2. The molecule has 0 unspecified atom stereocenters. The first-order chi connectivity index (χ1) is 11.2. The minimum absolute atomic E-state index is 0.306. The Hall–Kier alpha value is -2.46. The smallest absolute Gasteiger partial charge is 0.339 e. The summed E-state index contributed by atoms with van der Waals surface area (Å²) in [5, 5.41) is 1.07. The summed E-state index contributed by atoms with van der Waals surface area (Å²) < 4.78 is 4.79. The lowest BCUT2D eigenvalue weighted by Gasteiger charge is -2.12.